The van der Waals surface area contributed by atoms with Crippen LogP contribution in [0.5, 0.6) is 0 Å². The molecule has 0 radical (unpaired) electrons. The number of hydrogen-bond acceptors (Lipinski definition) is 6. The van der Waals surface area contributed by atoms with Crippen LogP contribution < -0.4 is 4.72 Å². The summed E-state index contributed by atoms with van der Waals surface area (Å²) in [7, 11) is -9.06. The van der Waals surface area contributed by atoms with Gasteiger partial charge in [0.15, 0.2) is 0 Å². The summed E-state index contributed by atoms with van der Waals surface area (Å²) >= 11 is 0. The maximum atomic E-state index is 13.9. The smallest absolute Gasteiger partial charge is 0.417 e. The van der Waals surface area contributed by atoms with E-state index in [1.807, 2.05) is 0 Å². The number of carboxylic acid groups (broad SMARTS) is 1. The fraction of sp³-hybridized carbons (Fsp3) is 0.417. The molecule has 2 aliphatic heterocycles. The van der Waals surface area contributed by atoms with Crippen molar-refractivity contribution in [1.82, 2.24) is 14.5 Å². The van der Waals surface area contributed by atoms with Crippen LogP contribution >= 0.6 is 0 Å². The van der Waals surface area contributed by atoms with Gasteiger partial charge >= 0.3 is 12.3 Å². The third kappa shape index (κ3) is 6.04. The SMILES string of the molecule is O=C([C@@H]1CCCN1C(=O)O)N1CCC(NS(=O)(=O)c2ccc(S(=O)(=O)c3ccccc3)cc2C(F)(F)F)CC1. The molecule has 0 aliphatic carbocycles. The molecule has 2 heterocycles. The maximum absolute atomic E-state index is 13.9. The van der Waals surface area contributed by atoms with Gasteiger partial charge in [0.05, 0.1) is 20.2 Å². The van der Waals surface area contributed by atoms with Crippen LogP contribution in [0.4, 0.5) is 18.0 Å². The lowest BCUT2D eigenvalue weighted by atomic mass is 10.0. The molecule has 2 aromatic carbocycles. The molecule has 2 fully saturated rings. The Labute approximate surface area is 223 Å². The van der Waals surface area contributed by atoms with Gasteiger partial charge in [-0.1, -0.05) is 18.2 Å². The lowest BCUT2D eigenvalue weighted by Gasteiger charge is -2.35. The topological polar surface area (TPSA) is 141 Å². The predicted molar refractivity (Wildman–Crippen MR) is 131 cm³/mol. The number of sulfonamides is 1. The van der Waals surface area contributed by atoms with Crippen LogP contribution in [0.3, 0.4) is 0 Å². The first-order chi connectivity index (χ1) is 18.2. The van der Waals surface area contributed by atoms with E-state index >= 15 is 0 Å². The molecule has 0 saturated carbocycles. The summed E-state index contributed by atoms with van der Waals surface area (Å²) in [6.07, 6.45) is -5.23. The van der Waals surface area contributed by atoms with Crippen LogP contribution in [-0.2, 0) is 30.8 Å². The monoisotopic (exact) mass is 589 g/mol. The summed E-state index contributed by atoms with van der Waals surface area (Å²) in [5.74, 6) is -0.384. The Bertz CT molecular complexity index is 1460. The highest BCUT2D eigenvalue weighted by Crippen LogP contribution is 2.37. The zero-order chi connectivity index (χ0) is 28.6. The average molecular weight is 590 g/mol. The van der Waals surface area contributed by atoms with Gasteiger partial charge in [0, 0.05) is 25.7 Å². The van der Waals surface area contributed by atoms with Gasteiger partial charge in [0.2, 0.25) is 25.8 Å². The third-order valence-corrected chi connectivity index (χ3v) is 10.2. The first-order valence-electron chi connectivity index (χ1n) is 12.0. The first-order valence-corrected chi connectivity index (χ1v) is 15.0. The fourth-order valence-electron chi connectivity index (χ4n) is 4.83. The van der Waals surface area contributed by atoms with Gasteiger partial charge in [-0.05, 0) is 56.0 Å². The van der Waals surface area contributed by atoms with Gasteiger partial charge in [-0.3, -0.25) is 9.69 Å². The number of carbonyl (C=O) groups is 2. The lowest BCUT2D eigenvalue weighted by Crippen LogP contribution is -2.52. The van der Waals surface area contributed by atoms with E-state index < -0.39 is 59.6 Å². The molecule has 2 aliphatic rings. The van der Waals surface area contributed by atoms with E-state index in [0.717, 1.165) is 11.0 Å². The summed E-state index contributed by atoms with van der Waals surface area (Å²) in [5, 5.41) is 9.27. The van der Waals surface area contributed by atoms with E-state index in [1.54, 1.807) is 6.07 Å². The van der Waals surface area contributed by atoms with Crippen molar-refractivity contribution in [3.05, 3.63) is 54.1 Å². The second-order valence-corrected chi connectivity index (χ2v) is 13.0. The number of piperidine rings is 1. The summed E-state index contributed by atoms with van der Waals surface area (Å²) < 4.78 is 95.7. The number of alkyl halides is 3. The number of halogens is 3. The van der Waals surface area contributed by atoms with E-state index in [4.69, 9.17) is 0 Å². The molecule has 0 aromatic heterocycles. The molecule has 2 amide bonds. The van der Waals surface area contributed by atoms with Crippen LogP contribution in [0, 0.1) is 0 Å². The van der Waals surface area contributed by atoms with Gasteiger partial charge in [0.1, 0.15) is 6.04 Å². The van der Waals surface area contributed by atoms with Crippen molar-refractivity contribution >= 4 is 31.9 Å². The lowest BCUT2D eigenvalue weighted by molar-refractivity contribution is -0.140. The number of amides is 2. The number of benzene rings is 2. The van der Waals surface area contributed by atoms with E-state index in [-0.39, 0.29) is 43.3 Å². The Morgan fingerprint density at radius 2 is 1.54 bits per heavy atom. The molecule has 0 unspecified atom stereocenters. The molecule has 15 heteroatoms. The van der Waals surface area contributed by atoms with Crippen molar-refractivity contribution in [2.75, 3.05) is 19.6 Å². The van der Waals surface area contributed by atoms with Crippen molar-refractivity contribution in [2.24, 2.45) is 0 Å². The van der Waals surface area contributed by atoms with E-state index in [2.05, 4.69) is 4.72 Å². The molecule has 0 spiro atoms. The van der Waals surface area contributed by atoms with E-state index in [1.165, 1.54) is 29.2 Å². The quantitative estimate of drug-likeness (QED) is 0.528. The van der Waals surface area contributed by atoms with Gasteiger partial charge in [-0.25, -0.2) is 26.4 Å². The van der Waals surface area contributed by atoms with E-state index in [0.29, 0.717) is 25.0 Å². The van der Waals surface area contributed by atoms with Gasteiger partial charge in [-0.15, -0.1) is 0 Å². The molecule has 2 N–H and O–H groups in total. The van der Waals surface area contributed by atoms with Gasteiger partial charge < -0.3 is 10.0 Å². The fourth-order valence-corrected chi connectivity index (χ4v) is 7.65. The Morgan fingerprint density at radius 3 is 2.13 bits per heavy atom. The summed E-state index contributed by atoms with van der Waals surface area (Å²) in [6, 6.07) is 6.97. The van der Waals surface area contributed by atoms with Crippen LogP contribution in [0.2, 0.25) is 0 Å². The molecular weight excluding hydrogens is 563 g/mol. The van der Waals surface area contributed by atoms with E-state index in [9.17, 15) is 44.7 Å². The van der Waals surface area contributed by atoms with Crippen molar-refractivity contribution in [2.45, 2.75) is 58.6 Å². The number of rotatable bonds is 6. The highest BCUT2D eigenvalue weighted by Gasteiger charge is 2.41. The minimum atomic E-state index is -5.17. The number of likely N-dealkylation sites (tertiary alicyclic amines) is 2. The average Bonchev–Trinajstić information content (AvgIpc) is 3.39. The van der Waals surface area contributed by atoms with Crippen molar-refractivity contribution in [1.29, 1.82) is 0 Å². The Morgan fingerprint density at radius 1 is 0.897 bits per heavy atom. The molecular formula is C24H26F3N3O7S2. The number of carbonyl (C=O) groups excluding carboxylic acids is 1. The second kappa shape index (κ2) is 10.8. The molecule has 10 nitrogen and oxygen atoms in total. The summed E-state index contributed by atoms with van der Waals surface area (Å²) in [4.78, 5) is 24.6. The number of nitrogens with one attached hydrogen (secondary N) is 1. The maximum Gasteiger partial charge on any atom is 0.417 e. The highest BCUT2D eigenvalue weighted by molar-refractivity contribution is 7.91. The molecule has 2 saturated heterocycles. The standard InChI is InChI=1S/C24H26F3N3O7S2/c25-24(26,27)19-15-18(38(34,35)17-5-2-1-3-6-17)8-9-21(19)39(36,37)28-16-10-13-29(14-11-16)22(31)20-7-4-12-30(20)23(32)33/h1-3,5-6,8-9,15-16,20,28H,4,7,10-14H2,(H,32,33)/t20-/m0/s1. The summed E-state index contributed by atoms with van der Waals surface area (Å²) in [6.45, 7) is 0.432. The predicted octanol–water partition coefficient (Wildman–Crippen LogP) is 2.95. The molecule has 39 heavy (non-hydrogen) atoms. The minimum absolute atomic E-state index is 0.0936. The minimum Gasteiger partial charge on any atom is -0.465 e. The number of hydrogen-bond donors (Lipinski definition) is 2. The van der Waals surface area contributed by atoms with Crippen LogP contribution in [0.15, 0.2) is 63.2 Å². The zero-order valence-corrected chi connectivity index (χ0v) is 22.1. The molecule has 0 bridgehead atoms. The Hall–Kier alpha value is -3.17. The van der Waals surface area contributed by atoms with Crippen molar-refractivity contribution < 1.29 is 44.7 Å². The van der Waals surface area contributed by atoms with Gasteiger partial charge in [-0.2, -0.15) is 13.2 Å². The van der Waals surface area contributed by atoms with Crippen molar-refractivity contribution in [3.63, 3.8) is 0 Å². The highest BCUT2D eigenvalue weighted by atomic mass is 32.2. The first kappa shape index (κ1) is 28.8. The molecule has 1 atom stereocenters. The van der Waals surface area contributed by atoms with Crippen molar-refractivity contribution in [3.8, 4) is 0 Å². The van der Waals surface area contributed by atoms with Crippen LogP contribution in [0.25, 0.3) is 0 Å². The zero-order valence-electron chi connectivity index (χ0n) is 20.5. The normalized spacial score (nSPS) is 19.3. The Kier molecular flexibility index (Phi) is 7.96. The Balaban J connectivity index is 1.51. The second-order valence-electron chi connectivity index (χ2n) is 9.33. The largest absolute Gasteiger partial charge is 0.465 e. The summed E-state index contributed by atoms with van der Waals surface area (Å²) in [5.41, 5.74) is -1.62. The molecule has 4 rings (SSSR count). The van der Waals surface area contributed by atoms with Gasteiger partial charge in [0.25, 0.3) is 0 Å². The molecule has 2 aromatic rings. The number of nitrogens with zero attached hydrogens (tertiary/aromatic N) is 2. The number of sulfone groups is 1. The third-order valence-electron chi connectivity index (χ3n) is 6.82. The van der Waals surface area contributed by atoms with Crippen LogP contribution in [0.1, 0.15) is 31.2 Å². The van der Waals surface area contributed by atoms with Crippen LogP contribution in [-0.4, -0.2) is 75.5 Å². The molecule has 212 valence electrons.